The van der Waals surface area contributed by atoms with E-state index in [1.165, 1.54) is 25.7 Å². The fourth-order valence-corrected chi connectivity index (χ4v) is 7.85. The number of nitrogens with zero attached hydrogens (tertiary/aromatic N) is 2. The Kier molecular flexibility index (Phi) is 5.53. The van der Waals surface area contributed by atoms with E-state index >= 15 is 0 Å². The van der Waals surface area contributed by atoms with Gasteiger partial charge in [-0.3, -0.25) is 4.79 Å². The smallest absolute Gasteiger partial charge is 0.243 e. The Morgan fingerprint density at radius 3 is 2.10 bits per heavy atom. The lowest BCUT2D eigenvalue weighted by molar-refractivity contribution is -0.133. The average Bonchev–Trinajstić information content (AvgIpc) is 3.29. The Bertz CT molecular complexity index is 890. The predicted octanol–water partition coefficient (Wildman–Crippen LogP) is 3.58. The quantitative estimate of drug-likeness (QED) is 0.751. The molecule has 0 N–H and O–H groups in total. The van der Waals surface area contributed by atoms with Crippen LogP contribution in [-0.4, -0.2) is 49.7 Å². The monoisotopic (exact) mass is 418 g/mol. The first-order chi connectivity index (χ1) is 13.7. The van der Waals surface area contributed by atoms with Gasteiger partial charge in [0.2, 0.25) is 15.9 Å². The van der Waals surface area contributed by atoms with Gasteiger partial charge in [-0.25, -0.2) is 8.42 Å². The van der Waals surface area contributed by atoms with Crippen molar-refractivity contribution in [2.45, 2.75) is 64.7 Å². The molecule has 1 aromatic carbocycles. The lowest BCUT2D eigenvalue weighted by Crippen LogP contribution is -2.51. The fourth-order valence-electron chi connectivity index (χ4n) is 5.85. The molecule has 2 aliphatic carbocycles. The van der Waals surface area contributed by atoms with Crippen molar-refractivity contribution in [2.75, 3.05) is 26.2 Å². The second kappa shape index (κ2) is 7.69. The van der Waals surface area contributed by atoms with Gasteiger partial charge < -0.3 is 4.90 Å². The minimum Gasteiger partial charge on any atom is -0.340 e. The van der Waals surface area contributed by atoms with E-state index in [-0.39, 0.29) is 5.91 Å². The first-order valence-corrected chi connectivity index (χ1v) is 12.5. The van der Waals surface area contributed by atoms with E-state index in [9.17, 15) is 13.2 Å². The van der Waals surface area contributed by atoms with Crippen molar-refractivity contribution >= 4 is 15.9 Å². The highest BCUT2D eigenvalue weighted by Crippen LogP contribution is 2.49. The third-order valence-corrected chi connectivity index (χ3v) is 9.98. The topological polar surface area (TPSA) is 57.7 Å². The van der Waals surface area contributed by atoms with Crippen LogP contribution in [0.1, 0.15) is 54.4 Å². The molecular weight excluding hydrogens is 384 g/mol. The van der Waals surface area contributed by atoms with E-state index in [1.54, 1.807) is 4.31 Å². The molecular formula is C23H34N2O3S. The van der Waals surface area contributed by atoms with Gasteiger partial charge in [-0.1, -0.05) is 12.5 Å². The number of carbonyl (C=O) groups excluding carboxylic acids is 1. The lowest BCUT2D eigenvalue weighted by Gasteiger charge is -2.35. The van der Waals surface area contributed by atoms with Crippen LogP contribution in [0.2, 0.25) is 0 Å². The van der Waals surface area contributed by atoms with Gasteiger partial charge in [0.15, 0.2) is 0 Å². The Balaban J connectivity index is 1.42. The first-order valence-electron chi connectivity index (χ1n) is 11.0. The number of carbonyl (C=O) groups is 1. The molecule has 0 spiro atoms. The summed E-state index contributed by atoms with van der Waals surface area (Å²) in [5.41, 5.74) is 3.68. The van der Waals surface area contributed by atoms with E-state index in [1.807, 2.05) is 32.6 Å². The van der Waals surface area contributed by atoms with Crippen LogP contribution < -0.4 is 0 Å². The molecule has 2 bridgehead atoms. The zero-order valence-corrected chi connectivity index (χ0v) is 19.0. The average molecular weight is 419 g/mol. The highest BCUT2D eigenvalue weighted by atomic mass is 32.2. The van der Waals surface area contributed by atoms with Crippen LogP contribution in [0.5, 0.6) is 0 Å². The van der Waals surface area contributed by atoms with Gasteiger partial charge in [-0.2, -0.15) is 4.31 Å². The number of sulfonamides is 1. The van der Waals surface area contributed by atoms with E-state index in [0.717, 1.165) is 34.1 Å². The van der Waals surface area contributed by atoms with Crippen molar-refractivity contribution in [3.05, 3.63) is 28.3 Å². The fraction of sp³-hybridized carbons (Fsp3) is 0.696. The Hall–Kier alpha value is -1.40. The first kappa shape index (κ1) is 20.9. The number of aryl methyl sites for hydroxylation is 2. The van der Waals surface area contributed by atoms with E-state index in [0.29, 0.717) is 43.4 Å². The number of amides is 1. The van der Waals surface area contributed by atoms with Crippen LogP contribution in [0.15, 0.2) is 11.0 Å². The Morgan fingerprint density at radius 1 is 0.966 bits per heavy atom. The normalized spacial score (nSPS) is 27.6. The number of benzene rings is 1. The third-order valence-electron chi connectivity index (χ3n) is 7.81. The minimum absolute atomic E-state index is 0.221. The Labute approximate surface area is 175 Å². The molecule has 1 heterocycles. The summed E-state index contributed by atoms with van der Waals surface area (Å²) in [5, 5.41) is 0. The molecule has 6 heteroatoms. The van der Waals surface area contributed by atoms with Crippen molar-refractivity contribution in [1.82, 2.24) is 9.21 Å². The van der Waals surface area contributed by atoms with Crippen LogP contribution in [0.3, 0.4) is 0 Å². The molecule has 3 aliphatic rings. The summed E-state index contributed by atoms with van der Waals surface area (Å²) < 4.78 is 28.4. The standard InChI is InChI=1S/C23H34N2O3S/c1-15-11-16(2)18(4)23(17(15)3)29(27,28)25-9-7-24(8-10-25)22(26)14-21-13-19-5-6-20(21)12-19/h11,19-21H,5-10,12-14H2,1-4H3/t19-,20+,21+/m0/s1. The SMILES string of the molecule is Cc1cc(C)c(C)c(S(=O)(=O)N2CCN(C(=O)C[C@H]3C[C@H]4CC[C@@H]3C4)CC2)c1C. The maximum absolute atomic E-state index is 13.4. The number of fused-ring (bicyclic) bond motifs is 2. The van der Waals surface area contributed by atoms with Gasteiger partial charge >= 0.3 is 0 Å². The molecule has 1 saturated heterocycles. The van der Waals surface area contributed by atoms with Crippen LogP contribution in [0.4, 0.5) is 0 Å². The van der Waals surface area contributed by atoms with Crippen molar-refractivity contribution in [1.29, 1.82) is 0 Å². The molecule has 160 valence electrons. The van der Waals surface area contributed by atoms with Crippen LogP contribution in [0.25, 0.3) is 0 Å². The second-order valence-corrected chi connectivity index (χ2v) is 11.4. The molecule has 3 fully saturated rings. The van der Waals surface area contributed by atoms with Gasteiger partial charge in [0.05, 0.1) is 4.90 Å². The molecule has 0 unspecified atom stereocenters. The number of piperazine rings is 1. The predicted molar refractivity (Wildman–Crippen MR) is 114 cm³/mol. The summed E-state index contributed by atoms with van der Waals surface area (Å²) in [6, 6.07) is 2.05. The number of rotatable bonds is 4. The maximum atomic E-state index is 13.4. The van der Waals surface area contributed by atoms with Gasteiger partial charge in [0.1, 0.15) is 0 Å². The van der Waals surface area contributed by atoms with Crippen LogP contribution in [-0.2, 0) is 14.8 Å². The molecule has 0 aromatic heterocycles. The molecule has 4 rings (SSSR count). The highest BCUT2D eigenvalue weighted by molar-refractivity contribution is 7.89. The minimum atomic E-state index is -3.55. The van der Waals surface area contributed by atoms with Crippen LogP contribution >= 0.6 is 0 Å². The lowest BCUT2D eigenvalue weighted by atomic mass is 9.86. The van der Waals surface area contributed by atoms with Gasteiger partial charge in [0.25, 0.3) is 0 Å². The molecule has 2 saturated carbocycles. The molecule has 0 radical (unpaired) electrons. The maximum Gasteiger partial charge on any atom is 0.243 e. The second-order valence-electron chi connectivity index (χ2n) is 9.51. The summed E-state index contributed by atoms with van der Waals surface area (Å²) in [7, 11) is -3.55. The summed E-state index contributed by atoms with van der Waals surface area (Å²) >= 11 is 0. The summed E-state index contributed by atoms with van der Waals surface area (Å²) in [6.07, 6.45) is 5.84. The van der Waals surface area contributed by atoms with Gasteiger partial charge in [-0.15, -0.1) is 0 Å². The highest BCUT2D eigenvalue weighted by Gasteiger charge is 2.41. The summed E-state index contributed by atoms with van der Waals surface area (Å²) in [6.45, 7) is 9.49. The van der Waals surface area contributed by atoms with Crippen molar-refractivity contribution in [3.63, 3.8) is 0 Å². The van der Waals surface area contributed by atoms with Crippen LogP contribution in [0, 0.1) is 45.4 Å². The number of hydrogen-bond acceptors (Lipinski definition) is 3. The molecule has 1 aromatic rings. The van der Waals surface area contributed by atoms with Crippen molar-refractivity contribution in [3.8, 4) is 0 Å². The van der Waals surface area contributed by atoms with Crippen molar-refractivity contribution in [2.24, 2.45) is 17.8 Å². The largest absolute Gasteiger partial charge is 0.340 e. The van der Waals surface area contributed by atoms with Crippen molar-refractivity contribution < 1.29 is 13.2 Å². The molecule has 3 atom stereocenters. The molecule has 29 heavy (non-hydrogen) atoms. The number of hydrogen-bond donors (Lipinski definition) is 0. The van der Waals surface area contributed by atoms with Gasteiger partial charge in [-0.05, 0) is 87.0 Å². The summed E-state index contributed by atoms with van der Waals surface area (Å²) in [4.78, 5) is 15.2. The zero-order chi connectivity index (χ0) is 20.9. The van der Waals surface area contributed by atoms with Gasteiger partial charge in [0, 0.05) is 32.6 Å². The third kappa shape index (κ3) is 3.74. The molecule has 1 amide bonds. The molecule has 1 aliphatic heterocycles. The molecule has 5 nitrogen and oxygen atoms in total. The Morgan fingerprint density at radius 2 is 1.59 bits per heavy atom. The van der Waals surface area contributed by atoms with E-state index in [2.05, 4.69) is 6.07 Å². The summed E-state index contributed by atoms with van der Waals surface area (Å²) in [5.74, 6) is 2.38. The van der Waals surface area contributed by atoms with E-state index in [4.69, 9.17) is 0 Å². The van der Waals surface area contributed by atoms with E-state index < -0.39 is 10.0 Å². The zero-order valence-electron chi connectivity index (χ0n) is 18.2.